The lowest BCUT2D eigenvalue weighted by Gasteiger charge is -2.15. The topological polar surface area (TPSA) is 59.1 Å². The zero-order chi connectivity index (χ0) is 11.4. The Morgan fingerprint density at radius 3 is 2.60 bits per heavy atom. The van der Waals surface area contributed by atoms with Crippen molar-refractivity contribution in [3.05, 3.63) is 23.8 Å². The molecule has 0 aliphatic carbocycles. The van der Waals surface area contributed by atoms with Crippen LogP contribution < -0.4 is 10.5 Å². The minimum Gasteiger partial charge on any atom is -0.490 e. The zero-order valence-corrected chi connectivity index (χ0v) is 10.0. The summed E-state index contributed by atoms with van der Waals surface area (Å²) < 4.78 is 5.61. The zero-order valence-electron chi connectivity index (χ0n) is 9.20. The van der Waals surface area contributed by atoms with E-state index in [1.165, 1.54) is 0 Å². The summed E-state index contributed by atoms with van der Waals surface area (Å²) in [4.78, 5) is 0.973. The molecule has 15 heavy (non-hydrogen) atoms. The molecular formula is C11H16N2OS. The molecule has 0 saturated carbocycles. The lowest BCUT2D eigenvalue weighted by Crippen LogP contribution is -2.16. The molecule has 0 fully saturated rings. The summed E-state index contributed by atoms with van der Waals surface area (Å²) in [5, 5.41) is 7.55. The highest BCUT2D eigenvalue weighted by Crippen LogP contribution is 2.28. The van der Waals surface area contributed by atoms with Crippen LogP contribution in [-0.2, 0) is 0 Å². The highest BCUT2D eigenvalue weighted by atomic mass is 32.2. The largest absolute Gasteiger partial charge is 0.490 e. The van der Waals surface area contributed by atoms with Crippen molar-refractivity contribution < 1.29 is 4.74 Å². The van der Waals surface area contributed by atoms with Crippen LogP contribution in [0.1, 0.15) is 19.4 Å². The number of benzene rings is 1. The number of rotatable bonds is 4. The van der Waals surface area contributed by atoms with E-state index in [2.05, 4.69) is 0 Å². The van der Waals surface area contributed by atoms with Gasteiger partial charge in [0.05, 0.1) is 11.7 Å². The fourth-order valence-corrected chi connectivity index (χ4v) is 1.93. The molecule has 0 unspecified atom stereocenters. The summed E-state index contributed by atoms with van der Waals surface area (Å²) in [5.74, 6) is 0.736. The van der Waals surface area contributed by atoms with Gasteiger partial charge in [-0.15, -0.1) is 11.8 Å². The Labute approximate surface area is 94.5 Å². The van der Waals surface area contributed by atoms with Crippen molar-refractivity contribution in [1.82, 2.24) is 0 Å². The van der Waals surface area contributed by atoms with Gasteiger partial charge in [0.1, 0.15) is 11.6 Å². The Balaban J connectivity index is 3.19. The minimum absolute atomic E-state index is 0.0515. The van der Waals surface area contributed by atoms with Crippen molar-refractivity contribution in [2.75, 3.05) is 6.26 Å². The quantitative estimate of drug-likeness (QED) is 0.469. The predicted octanol–water partition coefficient (Wildman–Crippen LogP) is 2.48. The van der Waals surface area contributed by atoms with E-state index in [4.69, 9.17) is 15.9 Å². The average molecular weight is 224 g/mol. The molecule has 0 heterocycles. The predicted molar refractivity (Wildman–Crippen MR) is 65.0 cm³/mol. The molecule has 0 aliphatic rings. The molecular weight excluding hydrogens is 208 g/mol. The van der Waals surface area contributed by atoms with Crippen LogP contribution >= 0.6 is 11.8 Å². The van der Waals surface area contributed by atoms with E-state index in [-0.39, 0.29) is 11.9 Å². The third-order valence-electron chi connectivity index (χ3n) is 1.84. The Hall–Kier alpha value is -1.16. The van der Waals surface area contributed by atoms with E-state index in [9.17, 15) is 0 Å². The number of ether oxygens (including phenoxy) is 1. The maximum atomic E-state index is 7.55. The molecule has 0 atom stereocenters. The van der Waals surface area contributed by atoms with Crippen LogP contribution in [0.3, 0.4) is 0 Å². The van der Waals surface area contributed by atoms with Crippen LogP contribution in [0.5, 0.6) is 5.75 Å². The van der Waals surface area contributed by atoms with Gasteiger partial charge in [0.15, 0.2) is 0 Å². The Morgan fingerprint density at radius 1 is 1.47 bits per heavy atom. The molecule has 1 aromatic rings. The van der Waals surface area contributed by atoms with Crippen LogP contribution in [0.15, 0.2) is 23.1 Å². The van der Waals surface area contributed by atoms with Crippen LogP contribution in [0, 0.1) is 5.41 Å². The molecule has 1 rings (SSSR count). The molecule has 4 heteroatoms. The first-order chi connectivity index (χ1) is 7.06. The van der Waals surface area contributed by atoms with Crippen molar-refractivity contribution in [1.29, 1.82) is 5.41 Å². The molecule has 0 aliphatic heterocycles. The van der Waals surface area contributed by atoms with E-state index >= 15 is 0 Å². The monoisotopic (exact) mass is 224 g/mol. The first-order valence-corrected chi connectivity index (χ1v) is 5.96. The van der Waals surface area contributed by atoms with Gasteiger partial charge in [-0.25, -0.2) is 0 Å². The van der Waals surface area contributed by atoms with Crippen LogP contribution in [0.2, 0.25) is 0 Å². The third-order valence-corrected chi connectivity index (χ3v) is 2.62. The highest BCUT2D eigenvalue weighted by Gasteiger charge is 2.12. The van der Waals surface area contributed by atoms with E-state index in [0.29, 0.717) is 11.3 Å². The van der Waals surface area contributed by atoms with Crippen LogP contribution in [-0.4, -0.2) is 18.2 Å². The fourth-order valence-electron chi connectivity index (χ4n) is 1.30. The number of amidine groups is 1. The summed E-state index contributed by atoms with van der Waals surface area (Å²) in [7, 11) is 0. The number of hydrogen-bond donors (Lipinski definition) is 2. The Bertz CT molecular complexity index is 364. The van der Waals surface area contributed by atoms with Crippen molar-refractivity contribution in [2.45, 2.75) is 24.8 Å². The smallest absolute Gasteiger partial charge is 0.131 e. The van der Waals surface area contributed by atoms with Crippen molar-refractivity contribution in [2.24, 2.45) is 5.73 Å². The maximum absolute atomic E-state index is 7.55. The summed E-state index contributed by atoms with van der Waals surface area (Å²) in [6.45, 7) is 3.91. The van der Waals surface area contributed by atoms with Gasteiger partial charge in [-0.2, -0.15) is 0 Å². The van der Waals surface area contributed by atoms with Crippen molar-refractivity contribution in [3.8, 4) is 5.75 Å². The third kappa shape index (κ3) is 2.89. The van der Waals surface area contributed by atoms with Crippen LogP contribution in [0.25, 0.3) is 0 Å². The van der Waals surface area contributed by atoms with Gasteiger partial charge in [0.2, 0.25) is 0 Å². The molecule has 1 aromatic carbocycles. The summed E-state index contributed by atoms with van der Waals surface area (Å²) >= 11 is 1.56. The molecule has 0 bridgehead atoms. The summed E-state index contributed by atoms with van der Waals surface area (Å²) in [5.41, 5.74) is 6.25. The van der Waals surface area contributed by atoms with Gasteiger partial charge in [-0.05, 0) is 32.2 Å². The average Bonchev–Trinajstić information content (AvgIpc) is 2.15. The highest BCUT2D eigenvalue weighted by molar-refractivity contribution is 7.98. The number of nitrogen functional groups attached to an aromatic ring is 1. The second-order valence-corrected chi connectivity index (χ2v) is 4.26. The van der Waals surface area contributed by atoms with Crippen molar-refractivity contribution in [3.63, 3.8) is 0 Å². The number of hydrogen-bond acceptors (Lipinski definition) is 3. The lowest BCUT2D eigenvalue weighted by atomic mass is 10.2. The van der Waals surface area contributed by atoms with E-state index < -0.39 is 0 Å². The second kappa shape index (κ2) is 5.07. The maximum Gasteiger partial charge on any atom is 0.131 e. The minimum atomic E-state index is 0.0515. The van der Waals surface area contributed by atoms with Gasteiger partial charge >= 0.3 is 0 Å². The van der Waals surface area contributed by atoms with Gasteiger partial charge in [0.25, 0.3) is 0 Å². The number of nitrogens with two attached hydrogens (primary N) is 1. The molecule has 3 N–H and O–H groups in total. The second-order valence-electron chi connectivity index (χ2n) is 3.41. The van der Waals surface area contributed by atoms with E-state index in [1.807, 2.05) is 38.3 Å². The van der Waals surface area contributed by atoms with E-state index in [1.54, 1.807) is 11.8 Å². The normalized spacial score (nSPS) is 10.4. The molecule has 0 amide bonds. The molecule has 0 radical (unpaired) electrons. The molecule has 0 spiro atoms. The summed E-state index contributed by atoms with van der Waals surface area (Å²) in [6.07, 6.45) is 2.04. The van der Waals surface area contributed by atoms with Gasteiger partial charge in [-0.3, -0.25) is 5.41 Å². The number of thioether (sulfide) groups is 1. The number of nitrogens with one attached hydrogen (secondary N) is 1. The lowest BCUT2D eigenvalue weighted by molar-refractivity contribution is 0.241. The Kier molecular flexibility index (Phi) is 4.03. The SMILES string of the molecule is CSc1cccc(OC(C)C)c1C(=N)N. The van der Waals surface area contributed by atoms with E-state index in [0.717, 1.165) is 4.90 Å². The summed E-state index contributed by atoms with van der Waals surface area (Å²) in [6, 6.07) is 5.70. The standard InChI is InChI=1S/C11H16N2OS/c1-7(2)14-8-5-4-6-9(15-3)10(8)11(12)13/h4-7H,1-3H3,(H3,12,13). The van der Waals surface area contributed by atoms with Gasteiger partial charge in [0, 0.05) is 4.90 Å². The van der Waals surface area contributed by atoms with Gasteiger partial charge in [-0.1, -0.05) is 6.07 Å². The van der Waals surface area contributed by atoms with Gasteiger partial charge < -0.3 is 10.5 Å². The molecule has 0 aromatic heterocycles. The Morgan fingerprint density at radius 2 is 2.13 bits per heavy atom. The van der Waals surface area contributed by atoms with Crippen LogP contribution in [0.4, 0.5) is 0 Å². The fraction of sp³-hybridized carbons (Fsp3) is 0.364. The molecule has 82 valence electrons. The van der Waals surface area contributed by atoms with Crippen molar-refractivity contribution >= 4 is 17.6 Å². The molecule has 3 nitrogen and oxygen atoms in total. The first kappa shape index (κ1) is 11.9. The first-order valence-electron chi connectivity index (χ1n) is 4.74. The molecule has 0 saturated heterocycles.